The summed E-state index contributed by atoms with van der Waals surface area (Å²) in [5.41, 5.74) is 0. The number of unbranched alkanes of at least 4 members (excludes halogenated alkanes) is 4. The van der Waals surface area contributed by atoms with E-state index in [1.54, 1.807) is 0 Å². The molecular weight excluding hydrogens is 384 g/mol. The van der Waals surface area contributed by atoms with Gasteiger partial charge in [0.2, 0.25) is 0 Å². The number of hydrogen-bond acceptors (Lipinski definition) is 6. The maximum Gasteiger partial charge on any atom is 0.331 e. The van der Waals surface area contributed by atoms with E-state index in [-0.39, 0.29) is 13.2 Å². The number of allylic oxidation sites excluding steroid dienone is 4. The van der Waals surface area contributed by atoms with Crippen molar-refractivity contribution in [1.82, 2.24) is 0 Å². The summed E-state index contributed by atoms with van der Waals surface area (Å²) in [5.74, 6) is -1.23. The largest absolute Gasteiger partial charge is 0.460 e. The summed E-state index contributed by atoms with van der Waals surface area (Å²) in [5, 5.41) is 0. The van der Waals surface area contributed by atoms with Crippen LogP contribution in [0.3, 0.4) is 0 Å². The Morgan fingerprint density at radius 2 is 1.03 bits per heavy atom. The van der Waals surface area contributed by atoms with Crippen molar-refractivity contribution in [3.8, 4) is 0 Å². The summed E-state index contributed by atoms with van der Waals surface area (Å²) in [7, 11) is 0. The van der Waals surface area contributed by atoms with E-state index in [2.05, 4.69) is 25.3 Å². The van der Waals surface area contributed by atoms with Crippen molar-refractivity contribution in [3.05, 3.63) is 61.8 Å². The topological polar surface area (TPSA) is 71.1 Å². The van der Waals surface area contributed by atoms with Gasteiger partial charge in [0.15, 0.2) is 0 Å². The van der Waals surface area contributed by atoms with E-state index >= 15 is 0 Å². The zero-order valence-corrected chi connectivity index (χ0v) is 18.0. The van der Waals surface area contributed by atoms with Crippen molar-refractivity contribution >= 4 is 11.9 Å². The first-order valence-corrected chi connectivity index (χ1v) is 10.4. The van der Waals surface area contributed by atoms with Crippen LogP contribution in [-0.2, 0) is 28.5 Å². The van der Waals surface area contributed by atoms with Gasteiger partial charge in [0, 0.05) is 12.2 Å². The first-order chi connectivity index (χ1) is 14.7. The Bertz CT molecular complexity index is 500. The van der Waals surface area contributed by atoms with Gasteiger partial charge in [-0.1, -0.05) is 36.5 Å². The maximum absolute atomic E-state index is 11.5. The molecule has 0 aromatic heterocycles. The van der Waals surface area contributed by atoms with Crippen LogP contribution in [0.2, 0.25) is 0 Å². The third-order valence-corrected chi connectivity index (χ3v) is 3.62. The van der Waals surface area contributed by atoms with E-state index in [9.17, 15) is 9.59 Å². The number of hydrogen-bond donors (Lipinski definition) is 0. The monoisotopic (exact) mass is 420 g/mol. The van der Waals surface area contributed by atoms with E-state index in [0.29, 0.717) is 26.4 Å². The quantitative estimate of drug-likeness (QED) is 0.125. The molecule has 0 aromatic rings. The van der Waals surface area contributed by atoms with Gasteiger partial charge >= 0.3 is 11.9 Å². The van der Waals surface area contributed by atoms with Gasteiger partial charge in [-0.05, 0) is 38.5 Å². The third-order valence-electron chi connectivity index (χ3n) is 3.62. The Balaban J connectivity index is 3.55. The van der Waals surface area contributed by atoms with Crippen molar-refractivity contribution in [3.63, 3.8) is 0 Å². The highest BCUT2D eigenvalue weighted by atomic mass is 16.6. The van der Waals surface area contributed by atoms with Crippen molar-refractivity contribution in [2.45, 2.75) is 38.5 Å². The fraction of sp³-hybridized carbons (Fsp3) is 0.500. The van der Waals surface area contributed by atoms with Crippen LogP contribution >= 0.6 is 0 Å². The van der Waals surface area contributed by atoms with Gasteiger partial charge in [-0.25, -0.2) is 9.59 Å². The second kappa shape index (κ2) is 22.8. The summed E-state index contributed by atoms with van der Waals surface area (Å²) in [6, 6.07) is 0. The molecule has 0 N–H and O–H groups in total. The molecule has 0 aliphatic carbocycles. The molecule has 0 fully saturated rings. The predicted octanol–water partition coefficient (Wildman–Crippen LogP) is 4.49. The molecule has 0 atom stereocenters. The average Bonchev–Trinajstić information content (AvgIpc) is 2.75. The van der Waals surface area contributed by atoms with E-state index < -0.39 is 11.9 Å². The molecule has 0 aliphatic rings. The number of esters is 2. The second-order valence-corrected chi connectivity index (χ2v) is 6.20. The van der Waals surface area contributed by atoms with Crippen LogP contribution < -0.4 is 0 Å². The standard InChI is InChI=1S/C24H36O6/c1-3-5-7-9-11-13-17-27-19-21-29-23(25)15-16-24(26)30-22-20-28-18-14-12-10-8-6-4-2/h3-4,11-16H,1-2,5-10,17-22H2. The summed E-state index contributed by atoms with van der Waals surface area (Å²) in [4.78, 5) is 23.0. The first-order valence-electron chi connectivity index (χ1n) is 10.4. The first kappa shape index (κ1) is 27.6. The molecule has 0 saturated heterocycles. The van der Waals surface area contributed by atoms with Crippen molar-refractivity contribution in [2.24, 2.45) is 0 Å². The minimum atomic E-state index is -0.617. The molecule has 0 bridgehead atoms. The lowest BCUT2D eigenvalue weighted by Crippen LogP contribution is -2.11. The average molecular weight is 421 g/mol. The Hall–Kier alpha value is -2.44. The molecule has 6 heteroatoms. The van der Waals surface area contributed by atoms with Gasteiger partial charge in [0.25, 0.3) is 0 Å². The van der Waals surface area contributed by atoms with Crippen LogP contribution in [0.1, 0.15) is 38.5 Å². The summed E-state index contributed by atoms with van der Waals surface area (Å²) < 4.78 is 20.5. The zero-order chi connectivity index (χ0) is 22.1. The molecule has 6 nitrogen and oxygen atoms in total. The van der Waals surface area contributed by atoms with E-state index in [0.717, 1.165) is 50.7 Å². The smallest absolute Gasteiger partial charge is 0.331 e. The van der Waals surface area contributed by atoms with Gasteiger partial charge in [-0.15, -0.1) is 13.2 Å². The molecule has 0 saturated carbocycles. The van der Waals surface area contributed by atoms with E-state index in [1.807, 2.05) is 24.3 Å². The number of ether oxygens (including phenoxy) is 4. The maximum atomic E-state index is 11.5. The lowest BCUT2D eigenvalue weighted by molar-refractivity contribution is -0.141. The van der Waals surface area contributed by atoms with Gasteiger partial charge < -0.3 is 18.9 Å². The lowest BCUT2D eigenvalue weighted by Gasteiger charge is -2.03. The molecule has 30 heavy (non-hydrogen) atoms. The minimum Gasteiger partial charge on any atom is -0.460 e. The SMILES string of the molecule is C=CCCCC=CCOCCOC(=O)C=CC(=O)OCCOCC=CCCCC=C. The molecule has 168 valence electrons. The van der Waals surface area contributed by atoms with Gasteiger partial charge in [-0.2, -0.15) is 0 Å². The van der Waals surface area contributed by atoms with Crippen molar-refractivity contribution < 1.29 is 28.5 Å². The molecule has 0 radical (unpaired) electrons. The summed E-state index contributed by atoms with van der Waals surface area (Å²) in [6.07, 6.45) is 20.0. The fourth-order valence-corrected chi connectivity index (χ4v) is 2.07. The van der Waals surface area contributed by atoms with Crippen molar-refractivity contribution in [2.75, 3.05) is 39.6 Å². The lowest BCUT2D eigenvalue weighted by atomic mass is 10.2. The molecule has 0 aromatic carbocycles. The highest BCUT2D eigenvalue weighted by molar-refractivity contribution is 5.91. The molecule has 0 heterocycles. The van der Waals surface area contributed by atoms with Crippen LogP contribution in [0.15, 0.2) is 61.8 Å². The second-order valence-electron chi connectivity index (χ2n) is 6.20. The van der Waals surface area contributed by atoms with E-state index in [1.165, 1.54) is 0 Å². The molecular formula is C24H36O6. The third kappa shape index (κ3) is 21.9. The normalized spacial score (nSPS) is 11.3. The number of carbonyl (C=O) groups excluding carboxylic acids is 2. The Morgan fingerprint density at radius 3 is 1.43 bits per heavy atom. The molecule has 0 unspecified atom stereocenters. The van der Waals surface area contributed by atoms with Crippen molar-refractivity contribution in [1.29, 1.82) is 0 Å². The Morgan fingerprint density at radius 1 is 0.600 bits per heavy atom. The fourth-order valence-electron chi connectivity index (χ4n) is 2.07. The van der Waals surface area contributed by atoms with Crippen LogP contribution in [0.4, 0.5) is 0 Å². The highest BCUT2D eigenvalue weighted by Crippen LogP contribution is 1.97. The predicted molar refractivity (Wildman–Crippen MR) is 119 cm³/mol. The molecule has 0 aliphatic heterocycles. The number of carbonyl (C=O) groups is 2. The Labute approximate surface area is 180 Å². The molecule has 0 amide bonds. The summed E-state index contributed by atoms with van der Waals surface area (Å²) >= 11 is 0. The van der Waals surface area contributed by atoms with Crippen LogP contribution in [-0.4, -0.2) is 51.6 Å². The zero-order valence-electron chi connectivity index (χ0n) is 18.0. The van der Waals surface area contributed by atoms with Gasteiger partial charge in [-0.3, -0.25) is 0 Å². The Kier molecular flexibility index (Phi) is 21.0. The number of rotatable bonds is 20. The van der Waals surface area contributed by atoms with Gasteiger partial charge in [0.1, 0.15) is 13.2 Å². The van der Waals surface area contributed by atoms with Crippen LogP contribution in [0, 0.1) is 0 Å². The molecule has 0 rings (SSSR count). The van der Waals surface area contributed by atoms with Gasteiger partial charge in [0.05, 0.1) is 26.4 Å². The van der Waals surface area contributed by atoms with Crippen LogP contribution in [0.5, 0.6) is 0 Å². The minimum absolute atomic E-state index is 0.122. The molecule has 0 spiro atoms. The summed E-state index contributed by atoms with van der Waals surface area (Å²) in [6.45, 7) is 9.12. The highest BCUT2D eigenvalue weighted by Gasteiger charge is 2.01. The van der Waals surface area contributed by atoms with E-state index in [4.69, 9.17) is 18.9 Å². The van der Waals surface area contributed by atoms with Crippen LogP contribution in [0.25, 0.3) is 0 Å².